The minimum absolute atomic E-state index is 0.0765. The van der Waals surface area contributed by atoms with Gasteiger partial charge in [-0.3, -0.25) is 0 Å². The molecule has 3 nitrogen and oxygen atoms in total. The number of ether oxygens (including phenoxy) is 2. The molecule has 4 heteroatoms. The number of halogens is 1. The van der Waals surface area contributed by atoms with Crippen LogP contribution in [0.2, 0.25) is 5.02 Å². The molecule has 1 spiro atoms. The van der Waals surface area contributed by atoms with Crippen molar-refractivity contribution in [3.05, 3.63) is 46.3 Å². The van der Waals surface area contributed by atoms with Gasteiger partial charge in [0.2, 0.25) is 6.54 Å². The molecular formula is C16H18ClNO2. The third-order valence-electron chi connectivity index (χ3n) is 4.62. The number of hydrogen-bond donors (Lipinski definition) is 0. The largest absolute Gasteiger partial charge is 0.348 e. The fraction of sp³-hybridized carbons (Fsp3) is 0.562. The Balaban J connectivity index is 1.83. The van der Waals surface area contributed by atoms with Gasteiger partial charge in [-0.05, 0) is 30.5 Å². The predicted molar refractivity (Wildman–Crippen MR) is 77.7 cm³/mol. The summed E-state index contributed by atoms with van der Waals surface area (Å²) in [6.07, 6.45) is 3.59. The van der Waals surface area contributed by atoms with E-state index in [-0.39, 0.29) is 11.2 Å². The maximum absolute atomic E-state index is 7.29. The average Bonchev–Trinajstić information content (AvgIpc) is 2.92. The van der Waals surface area contributed by atoms with E-state index in [4.69, 9.17) is 27.6 Å². The van der Waals surface area contributed by atoms with Crippen LogP contribution in [0.25, 0.3) is 4.85 Å². The van der Waals surface area contributed by atoms with Crippen LogP contribution >= 0.6 is 11.6 Å². The summed E-state index contributed by atoms with van der Waals surface area (Å²) >= 11 is 5.97. The maximum atomic E-state index is 7.29. The van der Waals surface area contributed by atoms with E-state index in [1.807, 2.05) is 12.1 Å². The normalized spacial score (nSPS) is 23.6. The zero-order chi connectivity index (χ0) is 14.1. The second-order valence-corrected chi connectivity index (χ2v) is 6.15. The second kappa shape index (κ2) is 5.37. The van der Waals surface area contributed by atoms with E-state index in [0.29, 0.717) is 19.8 Å². The third-order valence-corrected chi connectivity index (χ3v) is 4.87. The smallest absolute Gasteiger partial charge is 0.224 e. The van der Waals surface area contributed by atoms with Crippen LogP contribution in [-0.2, 0) is 14.9 Å². The quantitative estimate of drug-likeness (QED) is 0.773. The lowest BCUT2D eigenvalue weighted by molar-refractivity contribution is -0.184. The molecule has 0 unspecified atom stereocenters. The molecule has 1 heterocycles. The van der Waals surface area contributed by atoms with Crippen molar-refractivity contribution in [1.82, 2.24) is 0 Å². The predicted octanol–water partition coefficient (Wildman–Crippen LogP) is 3.81. The summed E-state index contributed by atoms with van der Waals surface area (Å²) in [6.45, 7) is 9.19. The minimum atomic E-state index is -0.377. The SMILES string of the molecule is [C-]#[N+]CC1(c2ccc(Cl)cc2)CCC2(CC1)OCCO2. The van der Waals surface area contributed by atoms with Crippen LogP contribution in [0, 0.1) is 6.57 Å². The van der Waals surface area contributed by atoms with Gasteiger partial charge in [0, 0.05) is 17.9 Å². The first-order valence-corrected chi connectivity index (χ1v) is 7.43. The van der Waals surface area contributed by atoms with Gasteiger partial charge in [-0.25, -0.2) is 6.57 Å². The van der Waals surface area contributed by atoms with E-state index in [1.54, 1.807) is 0 Å². The molecule has 2 aliphatic rings. The summed E-state index contributed by atoms with van der Waals surface area (Å²) in [5.41, 5.74) is 1.14. The number of benzene rings is 1. The summed E-state index contributed by atoms with van der Waals surface area (Å²) in [5, 5.41) is 0.737. The summed E-state index contributed by atoms with van der Waals surface area (Å²) < 4.78 is 11.6. The van der Waals surface area contributed by atoms with Crippen molar-refractivity contribution >= 4 is 11.6 Å². The van der Waals surface area contributed by atoms with E-state index in [1.165, 1.54) is 5.56 Å². The van der Waals surface area contributed by atoms with Gasteiger partial charge in [-0.2, -0.15) is 0 Å². The summed E-state index contributed by atoms with van der Waals surface area (Å²) in [6, 6.07) is 7.94. The van der Waals surface area contributed by atoms with Crippen molar-refractivity contribution in [3.8, 4) is 0 Å². The molecule has 106 valence electrons. The van der Waals surface area contributed by atoms with Crippen LogP contribution in [0.4, 0.5) is 0 Å². The molecule has 0 atom stereocenters. The van der Waals surface area contributed by atoms with E-state index in [2.05, 4.69) is 17.0 Å². The van der Waals surface area contributed by atoms with Crippen LogP contribution in [0.15, 0.2) is 24.3 Å². The van der Waals surface area contributed by atoms with Gasteiger partial charge in [-0.15, -0.1) is 0 Å². The first-order valence-electron chi connectivity index (χ1n) is 7.05. The topological polar surface area (TPSA) is 22.8 Å². The highest BCUT2D eigenvalue weighted by molar-refractivity contribution is 6.30. The van der Waals surface area contributed by atoms with Gasteiger partial charge >= 0.3 is 0 Å². The van der Waals surface area contributed by atoms with Gasteiger partial charge < -0.3 is 14.3 Å². The first-order chi connectivity index (χ1) is 9.68. The summed E-state index contributed by atoms with van der Waals surface area (Å²) in [4.78, 5) is 3.68. The Bertz CT molecular complexity index is 504. The van der Waals surface area contributed by atoms with Crippen LogP contribution in [0.3, 0.4) is 0 Å². The molecule has 1 saturated heterocycles. The first kappa shape index (κ1) is 13.9. The Morgan fingerprint density at radius 2 is 1.65 bits per heavy atom. The van der Waals surface area contributed by atoms with Crippen molar-refractivity contribution in [2.45, 2.75) is 36.9 Å². The van der Waals surface area contributed by atoms with E-state index in [0.717, 1.165) is 30.7 Å². The van der Waals surface area contributed by atoms with Crippen LogP contribution in [-0.4, -0.2) is 25.5 Å². The Morgan fingerprint density at radius 1 is 1.05 bits per heavy atom. The van der Waals surface area contributed by atoms with E-state index >= 15 is 0 Å². The van der Waals surface area contributed by atoms with Crippen molar-refractivity contribution < 1.29 is 9.47 Å². The zero-order valence-electron chi connectivity index (χ0n) is 11.4. The molecule has 0 amide bonds. The Hall–Kier alpha value is -1.08. The third kappa shape index (κ3) is 2.44. The molecule has 0 N–H and O–H groups in total. The van der Waals surface area contributed by atoms with Gasteiger partial charge in [0.15, 0.2) is 5.79 Å². The summed E-state index contributed by atoms with van der Waals surface area (Å²) in [5.74, 6) is -0.377. The highest BCUT2D eigenvalue weighted by Gasteiger charge is 2.48. The molecule has 2 fully saturated rings. The van der Waals surface area contributed by atoms with Gasteiger partial charge in [0.05, 0.1) is 18.6 Å². The van der Waals surface area contributed by atoms with Gasteiger partial charge in [0.25, 0.3) is 0 Å². The molecule has 0 aromatic heterocycles. The molecule has 1 saturated carbocycles. The molecule has 20 heavy (non-hydrogen) atoms. The lowest BCUT2D eigenvalue weighted by Crippen LogP contribution is -2.43. The highest BCUT2D eigenvalue weighted by atomic mass is 35.5. The molecule has 0 bridgehead atoms. The molecule has 1 aliphatic carbocycles. The number of nitrogens with zero attached hydrogens (tertiary/aromatic N) is 1. The molecule has 3 rings (SSSR count). The number of rotatable bonds is 2. The lowest BCUT2D eigenvalue weighted by atomic mass is 9.68. The van der Waals surface area contributed by atoms with Gasteiger partial charge in [0.1, 0.15) is 0 Å². The molecule has 1 aliphatic heterocycles. The number of hydrogen-bond acceptors (Lipinski definition) is 2. The van der Waals surface area contributed by atoms with E-state index in [9.17, 15) is 0 Å². The van der Waals surface area contributed by atoms with Crippen LogP contribution < -0.4 is 0 Å². The minimum Gasteiger partial charge on any atom is -0.348 e. The molecule has 1 aromatic carbocycles. The fourth-order valence-corrected chi connectivity index (χ4v) is 3.51. The molecule has 1 aromatic rings. The average molecular weight is 292 g/mol. The Labute approximate surface area is 124 Å². The Kier molecular flexibility index (Phi) is 3.72. The summed E-state index contributed by atoms with van der Waals surface area (Å²) in [7, 11) is 0. The van der Waals surface area contributed by atoms with Crippen molar-refractivity contribution in [3.63, 3.8) is 0 Å². The van der Waals surface area contributed by atoms with Crippen molar-refractivity contribution in [2.75, 3.05) is 19.8 Å². The second-order valence-electron chi connectivity index (χ2n) is 5.71. The zero-order valence-corrected chi connectivity index (χ0v) is 12.2. The van der Waals surface area contributed by atoms with Crippen molar-refractivity contribution in [2.24, 2.45) is 0 Å². The monoisotopic (exact) mass is 291 g/mol. The molecular weight excluding hydrogens is 274 g/mol. The fourth-order valence-electron chi connectivity index (χ4n) is 3.39. The van der Waals surface area contributed by atoms with Crippen LogP contribution in [0.1, 0.15) is 31.2 Å². The van der Waals surface area contributed by atoms with Crippen LogP contribution in [0.5, 0.6) is 0 Å². The standard InChI is InChI=1S/C16H18ClNO2/c1-18-12-15(13-2-4-14(17)5-3-13)6-8-16(9-7-15)19-10-11-20-16/h2-5H,6-12H2. The van der Waals surface area contributed by atoms with Crippen molar-refractivity contribution in [1.29, 1.82) is 0 Å². The van der Waals surface area contributed by atoms with E-state index < -0.39 is 0 Å². The maximum Gasteiger partial charge on any atom is 0.224 e. The van der Waals surface area contributed by atoms with Gasteiger partial charge in [-0.1, -0.05) is 23.7 Å². The lowest BCUT2D eigenvalue weighted by Gasteiger charge is -2.41. The Morgan fingerprint density at radius 3 is 2.20 bits per heavy atom. The molecule has 0 radical (unpaired) electrons. The highest BCUT2D eigenvalue weighted by Crippen LogP contribution is 2.46.